The maximum absolute atomic E-state index is 11.3. The molecule has 0 radical (unpaired) electrons. The van der Waals surface area contributed by atoms with Crippen LogP contribution >= 0.6 is 11.6 Å². The number of benzene rings is 1. The summed E-state index contributed by atoms with van der Waals surface area (Å²) in [5, 5.41) is 15.9. The smallest absolute Gasteiger partial charge is 0.280 e. The normalized spacial score (nSPS) is 11.1. The standard InChI is InChI=1S/C14H17ClN4O2/c1-8(2)7-9-13(17-18(3)14(9)16)12-10(15)5-4-6-11(12)19(20)21/h4-6,8H,7,16H2,1-3H3. The number of hydrogen-bond acceptors (Lipinski definition) is 4. The van der Waals surface area contributed by atoms with Gasteiger partial charge in [-0.15, -0.1) is 0 Å². The number of aryl methyl sites for hydroxylation is 1. The topological polar surface area (TPSA) is 87.0 Å². The zero-order valence-electron chi connectivity index (χ0n) is 12.1. The Kier molecular flexibility index (Phi) is 4.18. The van der Waals surface area contributed by atoms with Crippen molar-refractivity contribution in [2.75, 3.05) is 5.73 Å². The van der Waals surface area contributed by atoms with Crippen LogP contribution in [0.1, 0.15) is 19.4 Å². The van der Waals surface area contributed by atoms with Crippen molar-refractivity contribution in [3.63, 3.8) is 0 Å². The molecule has 0 saturated carbocycles. The molecule has 0 aliphatic heterocycles. The van der Waals surface area contributed by atoms with Gasteiger partial charge in [-0.25, -0.2) is 0 Å². The van der Waals surface area contributed by atoms with E-state index in [2.05, 4.69) is 18.9 Å². The van der Waals surface area contributed by atoms with Crippen LogP contribution in [0.5, 0.6) is 0 Å². The summed E-state index contributed by atoms with van der Waals surface area (Å²) in [5.74, 6) is 0.852. The highest BCUT2D eigenvalue weighted by Crippen LogP contribution is 2.39. The van der Waals surface area contributed by atoms with Crippen LogP contribution in [-0.4, -0.2) is 14.7 Å². The molecule has 0 fully saturated rings. The molecular formula is C14H17ClN4O2. The highest BCUT2D eigenvalue weighted by Gasteiger charge is 2.25. The molecule has 0 aliphatic rings. The number of nitro groups is 1. The maximum Gasteiger partial charge on any atom is 0.280 e. The average molecular weight is 309 g/mol. The molecule has 0 amide bonds. The second-order valence-corrected chi connectivity index (χ2v) is 5.73. The number of hydrogen-bond donors (Lipinski definition) is 1. The molecule has 0 atom stereocenters. The second kappa shape index (κ2) is 5.73. The van der Waals surface area contributed by atoms with Crippen molar-refractivity contribution >= 4 is 23.1 Å². The number of anilines is 1. The summed E-state index contributed by atoms with van der Waals surface area (Å²) < 4.78 is 1.53. The number of nitrogens with two attached hydrogens (primary N) is 1. The first-order valence-electron chi connectivity index (χ1n) is 6.57. The van der Waals surface area contributed by atoms with Crippen LogP contribution in [0.15, 0.2) is 18.2 Å². The molecule has 1 aromatic heterocycles. The quantitative estimate of drug-likeness (QED) is 0.692. The van der Waals surface area contributed by atoms with Gasteiger partial charge >= 0.3 is 0 Å². The molecule has 2 N–H and O–H groups in total. The molecular weight excluding hydrogens is 292 g/mol. The fourth-order valence-electron chi connectivity index (χ4n) is 2.29. The van der Waals surface area contributed by atoms with Crippen molar-refractivity contribution in [1.29, 1.82) is 0 Å². The SMILES string of the molecule is CC(C)Cc1c(-c2c(Cl)cccc2[N+](=O)[O-])nn(C)c1N. The van der Waals surface area contributed by atoms with E-state index in [1.165, 1.54) is 10.7 Å². The van der Waals surface area contributed by atoms with Gasteiger partial charge in [0.05, 0.1) is 15.5 Å². The van der Waals surface area contributed by atoms with Crippen molar-refractivity contribution < 1.29 is 4.92 Å². The van der Waals surface area contributed by atoms with Gasteiger partial charge in [-0.3, -0.25) is 14.8 Å². The van der Waals surface area contributed by atoms with Crippen molar-refractivity contribution in [2.45, 2.75) is 20.3 Å². The van der Waals surface area contributed by atoms with Gasteiger partial charge < -0.3 is 5.73 Å². The molecule has 112 valence electrons. The average Bonchev–Trinajstić information content (AvgIpc) is 2.66. The van der Waals surface area contributed by atoms with Crippen LogP contribution in [0.3, 0.4) is 0 Å². The van der Waals surface area contributed by atoms with Gasteiger partial charge in [0.2, 0.25) is 0 Å². The van der Waals surface area contributed by atoms with Crippen molar-refractivity contribution in [2.24, 2.45) is 13.0 Å². The third-order valence-electron chi connectivity index (χ3n) is 3.23. The molecule has 0 saturated heterocycles. The van der Waals surface area contributed by atoms with Gasteiger partial charge in [-0.1, -0.05) is 31.5 Å². The maximum atomic E-state index is 11.3. The molecule has 7 heteroatoms. The summed E-state index contributed by atoms with van der Waals surface area (Å²) in [6.07, 6.45) is 0.678. The fourth-order valence-corrected chi connectivity index (χ4v) is 2.55. The molecule has 0 aliphatic carbocycles. The lowest BCUT2D eigenvalue weighted by atomic mass is 9.98. The Morgan fingerprint density at radius 1 is 1.48 bits per heavy atom. The van der Waals surface area contributed by atoms with Crippen molar-refractivity contribution in [3.8, 4) is 11.3 Å². The third-order valence-corrected chi connectivity index (χ3v) is 3.55. The van der Waals surface area contributed by atoms with E-state index in [-0.39, 0.29) is 5.69 Å². The molecule has 2 aromatic rings. The molecule has 1 aromatic carbocycles. The van der Waals surface area contributed by atoms with E-state index in [0.717, 1.165) is 5.56 Å². The molecule has 6 nitrogen and oxygen atoms in total. The number of rotatable bonds is 4. The highest BCUT2D eigenvalue weighted by atomic mass is 35.5. The minimum atomic E-state index is -0.453. The summed E-state index contributed by atoms with van der Waals surface area (Å²) in [5.41, 5.74) is 7.60. The van der Waals surface area contributed by atoms with Crippen LogP contribution in [0.4, 0.5) is 11.5 Å². The first-order chi connectivity index (χ1) is 9.82. The second-order valence-electron chi connectivity index (χ2n) is 5.33. The number of nitrogens with zero attached hydrogens (tertiary/aromatic N) is 3. The highest BCUT2D eigenvalue weighted by molar-refractivity contribution is 6.33. The summed E-state index contributed by atoms with van der Waals surface area (Å²) in [6.45, 7) is 4.11. The fraction of sp³-hybridized carbons (Fsp3) is 0.357. The van der Waals surface area contributed by atoms with E-state index in [1.54, 1.807) is 19.2 Å². The lowest BCUT2D eigenvalue weighted by Gasteiger charge is -2.08. The summed E-state index contributed by atoms with van der Waals surface area (Å²) in [7, 11) is 1.71. The zero-order valence-corrected chi connectivity index (χ0v) is 12.9. The Bertz CT molecular complexity index is 695. The molecule has 1 heterocycles. The van der Waals surface area contributed by atoms with Crippen molar-refractivity contribution in [3.05, 3.63) is 38.9 Å². The molecule has 0 bridgehead atoms. The van der Waals surface area contributed by atoms with E-state index >= 15 is 0 Å². The first-order valence-corrected chi connectivity index (χ1v) is 6.95. The van der Waals surface area contributed by atoms with Gasteiger partial charge in [0, 0.05) is 18.7 Å². The van der Waals surface area contributed by atoms with Gasteiger partial charge in [0.1, 0.15) is 11.5 Å². The number of aromatic nitrogens is 2. The summed E-state index contributed by atoms with van der Waals surface area (Å²) in [6, 6.07) is 4.59. The van der Waals surface area contributed by atoms with E-state index in [9.17, 15) is 10.1 Å². The minimum Gasteiger partial charge on any atom is -0.384 e. The Balaban J connectivity index is 2.73. The van der Waals surface area contributed by atoms with Gasteiger partial charge in [0.15, 0.2) is 0 Å². The van der Waals surface area contributed by atoms with Crippen LogP contribution in [0, 0.1) is 16.0 Å². The molecule has 0 unspecified atom stereocenters. The van der Waals surface area contributed by atoms with Crippen LogP contribution in [0.2, 0.25) is 5.02 Å². The Morgan fingerprint density at radius 2 is 2.14 bits per heavy atom. The molecule has 21 heavy (non-hydrogen) atoms. The largest absolute Gasteiger partial charge is 0.384 e. The van der Waals surface area contributed by atoms with E-state index in [4.69, 9.17) is 17.3 Å². The minimum absolute atomic E-state index is 0.0643. The number of nitrogen functional groups attached to an aromatic ring is 1. The van der Waals surface area contributed by atoms with Gasteiger partial charge in [-0.2, -0.15) is 5.10 Å². The number of nitro benzene ring substituents is 1. The third kappa shape index (κ3) is 2.85. The predicted molar refractivity (Wildman–Crippen MR) is 83.3 cm³/mol. The first kappa shape index (κ1) is 15.3. The zero-order chi connectivity index (χ0) is 15.7. The van der Waals surface area contributed by atoms with Crippen LogP contribution < -0.4 is 5.73 Å². The Morgan fingerprint density at radius 3 is 2.71 bits per heavy atom. The van der Waals surface area contributed by atoms with E-state index in [0.29, 0.717) is 34.4 Å². The lowest BCUT2D eigenvalue weighted by Crippen LogP contribution is -2.02. The summed E-state index contributed by atoms with van der Waals surface area (Å²) >= 11 is 6.18. The molecule has 2 rings (SSSR count). The van der Waals surface area contributed by atoms with Crippen molar-refractivity contribution in [1.82, 2.24) is 9.78 Å². The predicted octanol–water partition coefficient (Wildman–Crippen LogP) is 3.43. The van der Waals surface area contributed by atoms with Gasteiger partial charge in [0.25, 0.3) is 5.69 Å². The Labute approximate surface area is 127 Å². The van der Waals surface area contributed by atoms with Crippen LogP contribution in [0.25, 0.3) is 11.3 Å². The number of halogens is 1. The molecule has 0 spiro atoms. The monoisotopic (exact) mass is 308 g/mol. The van der Waals surface area contributed by atoms with Crippen LogP contribution in [-0.2, 0) is 13.5 Å². The van der Waals surface area contributed by atoms with E-state index < -0.39 is 4.92 Å². The van der Waals surface area contributed by atoms with Gasteiger partial charge in [-0.05, 0) is 18.4 Å². The van der Waals surface area contributed by atoms with E-state index in [1.807, 2.05) is 0 Å². The lowest BCUT2D eigenvalue weighted by molar-refractivity contribution is -0.384. The summed E-state index contributed by atoms with van der Waals surface area (Å²) in [4.78, 5) is 10.8. The Hall–Kier alpha value is -2.08.